The number of carbonyl (C=O) groups excluding carboxylic acids is 1. The topological polar surface area (TPSA) is 61.4 Å². The van der Waals surface area contributed by atoms with Gasteiger partial charge < -0.3 is 15.7 Å². The molecule has 4 nitrogen and oxygen atoms in total. The molecule has 2 bridgehead atoms. The molecule has 114 valence electrons. The monoisotopic (exact) mass is 314 g/mol. The Kier molecular flexibility index (Phi) is 3.39. The molecule has 2 fully saturated rings. The first-order valence-electron chi connectivity index (χ1n) is 7.65. The van der Waals surface area contributed by atoms with Crippen LogP contribution in [0.15, 0.2) is 36.4 Å². The molecule has 0 saturated carbocycles. The normalized spacial score (nSPS) is 26.3. The van der Waals surface area contributed by atoms with Gasteiger partial charge in [-0.2, -0.15) is 0 Å². The van der Waals surface area contributed by atoms with Crippen molar-refractivity contribution in [1.82, 2.24) is 10.6 Å². The van der Waals surface area contributed by atoms with E-state index >= 15 is 0 Å². The molecule has 0 radical (unpaired) electrons. The number of nitrogens with one attached hydrogen (secondary N) is 2. The van der Waals surface area contributed by atoms with E-state index in [1.54, 1.807) is 12.1 Å². The number of phenols is 1. The van der Waals surface area contributed by atoms with Gasteiger partial charge in [-0.1, -0.05) is 12.1 Å². The van der Waals surface area contributed by atoms with Crippen LogP contribution in [0.2, 0.25) is 0 Å². The molecule has 2 aromatic rings. The smallest absolute Gasteiger partial charge is 0.261 e. The zero-order valence-electron chi connectivity index (χ0n) is 12.1. The number of thiophene rings is 1. The van der Waals surface area contributed by atoms with Crippen LogP contribution in [0.5, 0.6) is 5.75 Å². The van der Waals surface area contributed by atoms with Crippen LogP contribution in [0.1, 0.15) is 28.9 Å². The van der Waals surface area contributed by atoms with E-state index in [9.17, 15) is 9.90 Å². The summed E-state index contributed by atoms with van der Waals surface area (Å²) in [6.07, 6.45) is 3.44. The second-order valence-corrected chi connectivity index (χ2v) is 7.16. The van der Waals surface area contributed by atoms with Gasteiger partial charge in [0.05, 0.1) is 4.88 Å². The van der Waals surface area contributed by atoms with E-state index in [2.05, 4.69) is 10.6 Å². The quantitative estimate of drug-likeness (QED) is 0.816. The fourth-order valence-electron chi connectivity index (χ4n) is 3.50. The number of hydrogen-bond acceptors (Lipinski definition) is 4. The number of rotatable bonds is 3. The lowest BCUT2D eigenvalue weighted by Gasteiger charge is -2.20. The van der Waals surface area contributed by atoms with Crippen LogP contribution in [0.3, 0.4) is 0 Å². The number of fused-ring (bicyclic) bond motifs is 2. The fourth-order valence-corrected chi connectivity index (χ4v) is 4.40. The van der Waals surface area contributed by atoms with Crippen molar-refractivity contribution in [2.45, 2.75) is 37.4 Å². The van der Waals surface area contributed by atoms with Crippen LogP contribution in [-0.2, 0) is 0 Å². The molecular weight excluding hydrogens is 296 g/mol. The van der Waals surface area contributed by atoms with Gasteiger partial charge in [-0.05, 0) is 49.1 Å². The summed E-state index contributed by atoms with van der Waals surface area (Å²) in [4.78, 5) is 14.1. The van der Waals surface area contributed by atoms with E-state index in [1.165, 1.54) is 17.8 Å². The highest BCUT2D eigenvalue weighted by molar-refractivity contribution is 7.17. The summed E-state index contributed by atoms with van der Waals surface area (Å²) in [5, 5.41) is 16.3. The molecule has 0 unspecified atom stereocenters. The van der Waals surface area contributed by atoms with Crippen molar-refractivity contribution < 1.29 is 9.90 Å². The van der Waals surface area contributed by atoms with E-state index < -0.39 is 0 Å². The van der Waals surface area contributed by atoms with Crippen molar-refractivity contribution in [2.24, 2.45) is 0 Å². The van der Waals surface area contributed by atoms with Crippen molar-refractivity contribution in [2.75, 3.05) is 0 Å². The molecule has 1 amide bonds. The van der Waals surface area contributed by atoms with Crippen LogP contribution < -0.4 is 10.6 Å². The van der Waals surface area contributed by atoms with Gasteiger partial charge in [-0.15, -0.1) is 11.3 Å². The van der Waals surface area contributed by atoms with Crippen molar-refractivity contribution in [1.29, 1.82) is 0 Å². The maximum atomic E-state index is 12.4. The molecule has 0 spiro atoms. The molecule has 4 rings (SSSR count). The first kappa shape index (κ1) is 13.8. The SMILES string of the molecule is O=C(N[C@@H]1C[C@H]2CC[C@@H]1N2)c1ccc(-c2cccc(O)c2)s1. The highest BCUT2D eigenvalue weighted by Crippen LogP contribution is 2.31. The van der Waals surface area contributed by atoms with Crippen LogP contribution in [0.25, 0.3) is 10.4 Å². The van der Waals surface area contributed by atoms with Crippen molar-refractivity contribution in [3.8, 4) is 16.2 Å². The minimum Gasteiger partial charge on any atom is -0.508 e. The fraction of sp³-hybridized carbons (Fsp3) is 0.353. The average Bonchev–Trinajstić information content (AvgIpc) is 3.23. The van der Waals surface area contributed by atoms with Gasteiger partial charge in [0.25, 0.3) is 5.91 Å². The average molecular weight is 314 g/mol. The Bertz CT molecular complexity index is 712. The standard InChI is InChI=1S/C17H18N2O2S/c20-12-3-1-2-10(8-12)15-6-7-16(22-15)17(21)19-14-9-11-4-5-13(14)18-11/h1-3,6-8,11,13-14,18,20H,4-5,9H2,(H,19,21)/t11-,13+,14-/m1/s1. The van der Waals surface area contributed by atoms with Crippen molar-refractivity contribution in [3.63, 3.8) is 0 Å². The van der Waals surface area contributed by atoms with E-state index in [0.717, 1.165) is 28.2 Å². The Balaban J connectivity index is 1.48. The first-order chi connectivity index (χ1) is 10.7. The summed E-state index contributed by atoms with van der Waals surface area (Å²) in [5.74, 6) is 0.251. The van der Waals surface area contributed by atoms with E-state index in [-0.39, 0.29) is 17.7 Å². The predicted octanol–water partition coefficient (Wildman–Crippen LogP) is 2.74. The molecule has 0 aliphatic carbocycles. The third-order valence-electron chi connectivity index (χ3n) is 4.58. The maximum Gasteiger partial charge on any atom is 0.261 e. The molecule has 1 aromatic heterocycles. The van der Waals surface area contributed by atoms with Gasteiger partial charge in [0, 0.05) is 23.0 Å². The number of hydrogen-bond donors (Lipinski definition) is 3. The minimum atomic E-state index is 0.00996. The Morgan fingerprint density at radius 3 is 2.91 bits per heavy atom. The molecule has 2 aliphatic rings. The summed E-state index contributed by atoms with van der Waals surface area (Å²) >= 11 is 1.46. The first-order valence-corrected chi connectivity index (χ1v) is 8.47. The zero-order chi connectivity index (χ0) is 15.1. The Morgan fingerprint density at radius 1 is 1.27 bits per heavy atom. The lowest BCUT2D eigenvalue weighted by atomic mass is 9.95. The lowest BCUT2D eigenvalue weighted by Crippen LogP contribution is -2.42. The number of aromatic hydroxyl groups is 1. The van der Waals surface area contributed by atoms with Crippen LogP contribution in [0, 0.1) is 0 Å². The van der Waals surface area contributed by atoms with Gasteiger partial charge >= 0.3 is 0 Å². The summed E-state index contributed by atoms with van der Waals surface area (Å²) in [7, 11) is 0. The summed E-state index contributed by atoms with van der Waals surface area (Å²) in [6.45, 7) is 0. The van der Waals surface area contributed by atoms with Crippen molar-refractivity contribution in [3.05, 3.63) is 41.3 Å². The molecule has 3 N–H and O–H groups in total. The van der Waals surface area contributed by atoms with Gasteiger partial charge in [-0.3, -0.25) is 4.79 Å². The Labute approximate surface area is 133 Å². The number of phenolic OH excluding ortho intramolecular Hbond substituents is 1. The highest BCUT2D eigenvalue weighted by atomic mass is 32.1. The maximum absolute atomic E-state index is 12.4. The number of amides is 1. The van der Waals surface area contributed by atoms with Crippen molar-refractivity contribution >= 4 is 17.2 Å². The summed E-state index contributed by atoms with van der Waals surface area (Å²) < 4.78 is 0. The third kappa shape index (κ3) is 2.51. The lowest BCUT2D eigenvalue weighted by molar-refractivity contribution is 0.0935. The predicted molar refractivity (Wildman–Crippen MR) is 87.2 cm³/mol. The zero-order valence-corrected chi connectivity index (χ0v) is 12.9. The highest BCUT2D eigenvalue weighted by Gasteiger charge is 2.39. The number of carbonyl (C=O) groups is 1. The Morgan fingerprint density at radius 2 is 2.18 bits per heavy atom. The van der Waals surface area contributed by atoms with Crippen LogP contribution >= 0.6 is 11.3 Å². The number of benzene rings is 1. The molecule has 5 heteroatoms. The Hall–Kier alpha value is -1.85. The van der Waals surface area contributed by atoms with Gasteiger partial charge in [-0.25, -0.2) is 0 Å². The summed E-state index contributed by atoms with van der Waals surface area (Å²) in [5.41, 5.74) is 0.936. The minimum absolute atomic E-state index is 0.00996. The van der Waals surface area contributed by atoms with Crippen LogP contribution in [-0.4, -0.2) is 29.1 Å². The van der Waals surface area contributed by atoms with Gasteiger partial charge in [0.1, 0.15) is 5.75 Å². The van der Waals surface area contributed by atoms with Crippen LogP contribution in [0.4, 0.5) is 0 Å². The van der Waals surface area contributed by atoms with E-state index in [4.69, 9.17) is 0 Å². The molecule has 22 heavy (non-hydrogen) atoms. The van der Waals surface area contributed by atoms with E-state index in [0.29, 0.717) is 12.1 Å². The molecular formula is C17H18N2O2S. The second-order valence-electron chi connectivity index (χ2n) is 6.08. The summed E-state index contributed by atoms with van der Waals surface area (Å²) in [6, 6.07) is 12.2. The molecule has 2 saturated heterocycles. The molecule has 3 heterocycles. The molecule has 3 atom stereocenters. The molecule has 2 aliphatic heterocycles. The van der Waals surface area contributed by atoms with Gasteiger partial charge in [0.15, 0.2) is 0 Å². The van der Waals surface area contributed by atoms with Gasteiger partial charge in [0.2, 0.25) is 0 Å². The largest absolute Gasteiger partial charge is 0.508 e. The molecule has 1 aromatic carbocycles. The van der Waals surface area contributed by atoms with E-state index in [1.807, 2.05) is 24.3 Å². The third-order valence-corrected chi connectivity index (χ3v) is 5.71. The second kappa shape index (κ2) is 5.41.